The minimum absolute atomic E-state index is 0.234. The smallest absolute Gasteiger partial charge is 0.244 e. The van der Waals surface area contributed by atoms with Gasteiger partial charge in [-0.3, -0.25) is 0 Å². The number of benzene rings is 1. The lowest BCUT2D eigenvalue weighted by Gasteiger charge is -2.14. The number of ether oxygens (including phenoxy) is 1. The summed E-state index contributed by atoms with van der Waals surface area (Å²) in [6.07, 6.45) is 1.60. The summed E-state index contributed by atoms with van der Waals surface area (Å²) in [5.74, 6) is 0.438. The predicted molar refractivity (Wildman–Crippen MR) is 77.2 cm³/mol. The van der Waals surface area contributed by atoms with Crippen LogP contribution in [0.3, 0.4) is 0 Å². The Morgan fingerprint density at radius 1 is 1.11 bits per heavy atom. The molecule has 0 spiro atoms. The second-order valence-corrected chi connectivity index (χ2v) is 6.36. The van der Waals surface area contributed by atoms with Crippen molar-refractivity contribution in [3.8, 4) is 5.75 Å². The Bertz CT molecular complexity index is 524. The van der Waals surface area contributed by atoms with Crippen LogP contribution < -0.4 is 9.46 Å². The molecule has 0 atom stereocenters. The fourth-order valence-electron chi connectivity index (χ4n) is 1.61. The zero-order valence-electron chi connectivity index (χ0n) is 12.1. The second kappa shape index (κ2) is 6.91. The molecule has 0 amide bonds. The van der Waals surface area contributed by atoms with Crippen LogP contribution in [0.5, 0.6) is 5.75 Å². The van der Waals surface area contributed by atoms with Crippen molar-refractivity contribution in [3.05, 3.63) is 23.3 Å². The molecule has 19 heavy (non-hydrogen) atoms. The first-order chi connectivity index (χ1) is 8.92. The Hall–Kier alpha value is -1.07. The van der Waals surface area contributed by atoms with Gasteiger partial charge in [0, 0.05) is 6.54 Å². The van der Waals surface area contributed by atoms with Gasteiger partial charge in [-0.05, 0) is 49.9 Å². The van der Waals surface area contributed by atoms with E-state index in [-0.39, 0.29) is 4.90 Å². The minimum Gasteiger partial charge on any atom is -0.492 e. The van der Waals surface area contributed by atoms with E-state index in [4.69, 9.17) is 4.74 Å². The van der Waals surface area contributed by atoms with E-state index in [1.807, 2.05) is 27.7 Å². The summed E-state index contributed by atoms with van der Waals surface area (Å²) >= 11 is 0. The van der Waals surface area contributed by atoms with Crippen LogP contribution in [0, 0.1) is 13.8 Å². The van der Waals surface area contributed by atoms with Crippen molar-refractivity contribution in [1.29, 1.82) is 0 Å². The summed E-state index contributed by atoms with van der Waals surface area (Å²) < 4.78 is 32.6. The lowest BCUT2D eigenvalue weighted by molar-refractivity contribution is 0.309. The van der Waals surface area contributed by atoms with Crippen molar-refractivity contribution in [2.75, 3.05) is 13.2 Å². The molecule has 0 unspecified atom stereocenters. The SMILES string of the molecule is CCCNS(=O)(=O)c1cc(C)c(C)cc1OCCC. The highest BCUT2D eigenvalue weighted by Gasteiger charge is 2.20. The maximum atomic E-state index is 12.2. The Labute approximate surface area is 116 Å². The molecule has 1 aromatic rings. The van der Waals surface area contributed by atoms with E-state index in [9.17, 15) is 8.42 Å². The van der Waals surface area contributed by atoms with E-state index in [1.54, 1.807) is 12.1 Å². The molecule has 0 aliphatic rings. The van der Waals surface area contributed by atoms with Crippen molar-refractivity contribution < 1.29 is 13.2 Å². The molecule has 0 heterocycles. The summed E-state index contributed by atoms with van der Waals surface area (Å²) in [6.45, 7) is 8.71. The number of nitrogens with one attached hydrogen (secondary N) is 1. The highest BCUT2D eigenvalue weighted by molar-refractivity contribution is 7.89. The fraction of sp³-hybridized carbons (Fsp3) is 0.571. The quantitative estimate of drug-likeness (QED) is 0.838. The van der Waals surface area contributed by atoms with E-state index in [1.165, 1.54) is 0 Å². The summed E-state index contributed by atoms with van der Waals surface area (Å²) in [5.41, 5.74) is 1.97. The Kier molecular flexibility index (Phi) is 5.82. The van der Waals surface area contributed by atoms with Gasteiger partial charge in [0.05, 0.1) is 6.61 Å². The molecule has 0 aliphatic carbocycles. The molecular weight excluding hydrogens is 262 g/mol. The molecule has 1 aromatic carbocycles. The van der Waals surface area contributed by atoms with E-state index in [0.717, 1.165) is 24.0 Å². The molecule has 1 rings (SSSR count). The highest BCUT2D eigenvalue weighted by atomic mass is 32.2. The maximum absolute atomic E-state index is 12.2. The van der Waals surface area contributed by atoms with Crippen molar-refractivity contribution in [2.45, 2.75) is 45.4 Å². The normalized spacial score (nSPS) is 11.6. The molecule has 1 N–H and O–H groups in total. The van der Waals surface area contributed by atoms with E-state index >= 15 is 0 Å². The molecule has 0 radical (unpaired) electrons. The van der Waals surface area contributed by atoms with Crippen LogP contribution in [0.2, 0.25) is 0 Å². The summed E-state index contributed by atoms with van der Waals surface area (Å²) in [5, 5.41) is 0. The lowest BCUT2D eigenvalue weighted by atomic mass is 10.1. The summed E-state index contributed by atoms with van der Waals surface area (Å²) in [4.78, 5) is 0.234. The van der Waals surface area contributed by atoms with Crippen LogP contribution >= 0.6 is 0 Å². The Morgan fingerprint density at radius 2 is 1.74 bits per heavy atom. The molecular formula is C14H23NO3S. The maximum Gasteiger partial charge on any atom is 0.244 e. The molecule has 0 fully saturated rings. The van der Waals surface area contributed by atoms with Gasteiger partial charge >= 0.3 is 0 Å². The molecule has 0 bridgehead atoms. The topological polar surface area (TPSA) is 55.4 Å². The minimum atomic E-state index is -3.50. The number of sulfonamides is 1. The van der Waals surface area contributed by atoms with Crippen molar-refractivity contribution in [1.82, 2.24) is 4.72 Å². The Morgan fingerprint density at radius 3 is 2.32 bits per heavy atom. The largest absolute Gasteiger partial charge is 0.492 e. The first-order valence-corrected chi connectivity index (χ1v) is 8.14. The summed E-state index contributed by atoms with van der Waals surface area (Å²) in [6, 6.07) is 3.48. The zero-order valence-corrected chi connectivity index (χ0v) is 12.9. The highest BCUT2D eigenvalue weighted by Crippen LogP contribution is 2.27. The van der Waals surface area contributed by atoms with Crippen LogP contribution in [-0.4, -0.2) is 21.6 Å². The van der Waals surface area contributed by atoms with Gasteiger partial charge in [-0.25, -0.2) is 13.1 Å². The third-order valence-corrected chi connectivity index (χ3v) is 4.34. The van der Waals surface area contributed by atoms with Gasteiger partial charge in [-0.1, -0.05) is 13.8 Å². The first-order valence-electron chi connectivity index (χ1n) is 6.66. The van der Waals surface area contributed by atoms with Gasteiger partial charge in [0.1, 0.15) is 10.6 Å². The van der Waals surface area contributed by atoms with Gasteiger partial charge in [0.15, 0.2) is 0 Å². The standard InChI is InChI=1S/C14H23NO3S/c1-5-7-15-19(16,17)14-10-12(4)11(3)9-13(14)18-8-6-2/h9-10,15H,5-8H2,1-4H3. The van der Waals surface area contributed by atoms with Crippen LogP contribution in [0.25, 0.3) is 0 Å². The molecule has 0 aliphatic heterocycles. The van der Waals surface area contributed by atoms with Crippen LogP contribution in [0.1, 0.15) is 37.8 Å². The van der Waals surface area contributed by atoms with Crippen LogP contribution in [-0.2, 0) is 10.0 Å². The average molecular weight is 285 g/mol. The molecule has 5 heteroatoms. The molecule has 4 nitrogen and oxygen atoms in total. The predicted octanol–water partition coefficient (Wildman–Crippen LogP) is 2.78. The van der Waals surface area contributed by atoms with Crippen LogP contribution in [0.15, 0.2) is 17.0 Å². The lowest BCUT2D eigenvalue weighted by Crippen LogP contribution is -2.25. The number of hydrogen-bond acceptors (Lipinski definition) is 3. The molecule has 0 saturated heterocycles. The van der Waals surface area contributed by atoms with E-state index < -0.39 is 10.0 Å². The number of hydrogen-bond donors (Lipinski definition) is 1. The average Bonchev–Trinajstić information content (AvgIpc) is 2.37. The zero-order chi connectivity index (χ0) is 14.5. The van der Waals surface area contributed by atoms with Crippen molar-refractivity contribution >= 4 is 10.0 Å². The van der Waals surface area contributed by atoms with Gasteiger partial charge < -0.3 is 4.74 Å². The van der Waals surface area contributed by atoms with Gasteiger partial charge in [0.2, 0.25) is 10.0 Å². The second-order valence-electron chi connectivity index (χ2n) is 4.63. The fourth-order valence-corrected chi connectivity index (χ4v) is 2.96. The van der Waals surface area contributed by atoms with E-state index in [0.29, 0.717) is 18.9 Å². The van der Waals surface area contributed by atoms with Gasteiger partial charge in [-0.15, -0.1) is 0 Å². The van der Waals surface area contributed by atoms with Gasteiger partial charge in [0.25, 0.3) is 0 Å². The Balaban J connectivity index is 3.19. The molecule has 0 aromatic heterocycles. The molecule has 0 saturated carbocycles. The number of aryl methyl sites for hydroxylation is 2. The third kappa shape index (κ3) is 4.21. The number of rotatable bonds is 7. The first kappa shape index (κ1) is 16.0. The van der Waals surface area contributed by atoms with Gasteiger partial charge in [-0.2, -0.15) is 0 Å². The third-order valence-electron chi connectivity index (χ3n) is 2.85. The summed E-state index contributed by atoms with van der Waals surface area (Å²) in [7, 11) is -3.50. The monoisotopic (exact) mass is 285 g/mol. The molecule has 108 valence electrons. The van der Waals surface area contributed by atoms with Crippen molar-refractivity contribution in [2.24, 2.45) is 0 Å². The van der Waals surface area contributed by atoms with E-state index in [2.05, 4.69) is 4.72 Å². The van der Waals surface area contributed by atoms with Crippen LogP contribution in [0.4, 0.5) is 0 Å². The van der Waals surface area contributed by atoms with Crippen molar-refractivity contribution in [3.63, 3.8) is 0 Å².